The molecule has 17 aromatic carbocycles. The predicted molar refractivity (Wildman–Crippen MR) is 587 cm³/mol. The van der Waals surface area contributed by atoms with E-state index < -0.39 is 10.8 Å². The van der Waals surface area contributed by atoms with Crippen molar-refractivity contribution < 1.29 is 9.47 Å². The lowest BCUT2D eigenvalue weighted by Crippen LogP contribution is -2.28. The molecule has 0 radical (unpaired) electrons. The van der Waals surface area contributed by atoms with Crippen LogP contribution >= 0.6 is 0 Å². The molecular weight excluding hydrogens is 1680 g/mol. The SMILES string of the molecule is C=Cc1ccc(OCCCCC2(C3=CCCC=C3)c3ccccc3-c3ccc(N(c4ccc(-c5ccccc5)cc4)c4ccc(-c5ccc6c(c5)C(c5ccc(CCCCCC)cc5)(c5ccc(CCCCCC)cc5)c5cc(-c7ccc(N(c8ccc(-c9ccccc9)cc8)c8ccc9c(c8)C(CCCCOc8ccc(C=C)cc8)(c8ccccc8)c8ccccc8-9)cc7)ccc5-6)cc4)cc32)cc1. The molecule has 4 aliphatic carbocycles. The molecule has 0 N–H and O–H groups in total. The summed E-state index contributed by atoms with van der Waals surface area (Å²) in [7, 11) is 0. The van der Waals surface area contributed by atoms with Crippen molar-refractivity contribution in [2.75, 3.05) is 23.0 Å². The molecule has 0 aliphatic heterocycles. The number of hydrogen-bond acceptors (Lipinski definition) is 4. The lowest BCUT2D eigenvalue weighted by molar-refractivity contribution is 0.301. The first kappa shape index (κ1) is 90.4. The van der Waals surface area contributed by atoms with Crippen molar-refractivity contribution in [2.24, 2.45) is 0 Å². The fraction of sp³-hybridized carbons (Fsp3) is 0.185. The third-order valence-electron chi connectivity index (χ3n) is 30.1. The minimum Gasteiger partial charge on any atom is -0.494 e. The first-order valence-electron chi connectivity index (χ1n) is 50.9. The van der Waals surface area contributed by atoms with Crippen molar-refractivity contribution in [1.29, 1.82) is 0 Å². The van der Waals surface area contributed by atoms with E-state index in [0.717, 1.165) is 132 Å². The number of unbranched alkanes of at least 4 members (excludes halogenated alkanes) is 8. The first-order valence-corrected chi connectivity index (χ1v) is 50.9. The van der Waals surface area contributed by atoms with Crippen LogP contribution in [0.4, 0.5) is 34.1 Å². The standard InChI is InChI=1S/C135H122N2O2/c1-5-9-11-17-35-99-49-67-111(68-50-99)135(112-69-51-100(52-70-112)36-18-12-10-6-2)131-93-107(105-61-75-115(76-62-105)136(113-71-57-103(58-72-113)101-37-19-13-20-38-101)117-79-87-123-121-45-27-29-47-127(121)133(129(123)95-117,109-41-23-15-24-42-109)89-31-33-91-138-119-81-53-97(7-3)54-82-119)65-85-125(131)126-86-66-108(94-132(126)135)106-63-77-116(78-64-106)137(114-73-59-104(60-74-114)102-39-21-14-22-40-102)118-80-88-124-122-46-28-30-48-128(122)134(130(124)96-118,110-43-25-16-26-44-110)90-32-34-92-139-120-83-55-98(8-4)56-84-120/h7-8,13-15,19-25,27-30,37-88,93-96H,3-6,9-12,16-18,26,31-36,89-92H2,1-2H3. The lowest BCUT2D eigenvalue weighted by Gasteiger charge is -2.36. The maximum atomic E-state index is 6.45. The van der Waals surface area contributed by atoms with Crippen molar-refractivity contribution in [3.05, 3.63) is 516 Å². The van der Waals surface area contributed by atoms with Gasteiger partial charge in [0.1, 0.15) is 11.5 Å². The molecule has 17 aromatic rings. The van der Waals surface area contributed by atoms with Crippen molar-refractivity contribution in [1.82, 2.24) is 0 Å². The fourth-order valence-electron chi connectivity index (χ4n) is 23.0. The molecule has 21 rings (SSSR count). The van der Waals surface area contributed by atoms with Crippen LogP contribution in [-0.4, -0.2) is 13.2 Å². The van der Waals surface area contributed by atoms with E-state index in [1.54, 1.807) is 0 Å². The summed E-state index contributed by atoms with van der Waals surface area (Å²) in [5.74, 6) is 1.77. The molecule has 0 amide bonds. The van der Waals surface area contributed by atoms with Crippen molar-refractivity contribution in [2.45, 2.75) is 146 Å². The number of fused-ring (bicyclic) bond motifs is 9. The first-order chi connectivity index (χ1) is 68.7. The minimum absolute atomic E-state index is 0.378. The number of ether oxygens (including phenoxy) is 2. The topological polar surface area (TPSA) is 24.9 Å². The van der Waals surface area contributed by atoms with Gasteiger partial charge in [-0.15, -0.1) is 0 Å². The van der Waals surface area contributed by atoms with E-state index in [2.05, 4.69) is 461 Å². The van der Waals surface area contributed by atoms with Gasteiger partial charge in [-0.05, 0) is 342 Å². The van der Waals surface area contributed by atoms with Gasteiger partial charge in [-0.1, -0.05) is 393 Å². The van der Waals surface area contributed by atoms with Gasteiger partial charge in [0, 0.05) is 45.0 Å². The second-order valence-corrected chi connectivity index (χ2v) is 38.4. The van der Waals surface area contributed by atoms with Crippen LogP contribution in [-0.2, 0) is 29.1 Å². The minimum atomic E-state index is -0.712. The van der Waals surface area contributed by atoms with Crippen LogP contribution in [0.25, 0.3) is 90.0 Å². The molecule has 0 spiro atoms. The van der Waals surface area contributed by atoms with E-state index in [0.29, 0.717) is 13.2 Å². The Hall–Kier alpha value is -15.1. The Morgan fingerprint density at radius 3 is 1.04 bits per heavy atom. The van der Waals surface area contributed by atoms with E-state index >= 15 is 0 Å². The van der Waals surface area contributed by atoms with Crippen LogP contribution in [0.15, 0.2) is 443 Å². The molecule has 2 unspecified atom stereocenters. The second-order valence-electron chi connectivity index (χ2n) is 38.4. The highest BCUT2D eigenvalue weighted by atomic mass is 16.5. The maximum absolute atomic E-state index is 6.45. The average molecular weight is 1800 g/mol. The summed E-state index contributed by atoms with van der Waals surface area (Å²) < 4.78 is 12.9. The van der Waals surface area contributed by atoms with Crippen LogP contribution in [0.1, 0.15) is 189 Å². The lowest BCUT2D eigenvalue weighted by atomic mass is 9.67. The molecule has 2 atom stereocenters. The summed E-state index contributed by atoms with van der Waals surface area (Å²) in [5, 5.41) is 0. The molecule has 0 bridgehead atoms. The van der Waals surface area contributed by atoms with Gasteiger partial charge < -0.3 is 19.3 Å². The number of anilines is 6. The number of rotatable bonds is 38. The number of benzene rings is 17. The summed E-state index contributed by atoms with van der Waals surface area (Å²) in [5.41, 5.74) is 40.3. The molecule has 0 saturated heterocycles. The van der Waals surface area contributed by atoms with E-state index in [1.807, 2.05) is 12.2 Å². The van der Waals surface area contributed by atoms with Crippen molar-refractivity contribution in [3.63, 3.8) is 0 Å². The van der Waals surface area contributed by atoms with Gasteiger partial charge in [0.25, 0.3) is 0 Å². The fourth-order valence-corrected chi connectivity index (χ4v) is 23.0. The molecule has 4 heteroatoms. The van der Waals surface area contributed by atoms with Crippen LogP contribution < -0.4 is 19.3 Å². The molecule has 684 valence electrons. The molecule has 0 aromatic heterocycles. The van der Waals surface area contributed by atoms with Gasteiger partial charge in [0.05, 0.1) is 18.6 Å². The van der Waals surface area contributed by atoms with E-state index in [9.17, 15) is 0 Å². The Balaban J connectivity index is 0.666. The zero-order chi connectivity index (χ0) is 93.9. The van der Waals surface area contributed by atoms with Crippen LogP contribution in [0.2, 0.25) is 0 Å². The molecule has 4 nitrogen and oxygen atoms in total. The largest absolute Gasteiger partial charge is 0.494 e. The summed E-state index contributed by atoms with van der Waals surface area (Å²) >= 11 is 0. The highest BCUT2D eigenvalue weighted by molar-refractivity contribution is 5.94. The van der Waals surface area contributed by atoms with Gasteiger partial charge in [-0.2, -0.15) is 0 Å². The van der Waals surface area contributed by atoms with Crippen molar-refractivity contribution in [3.8, 4) is 89.4 Å². The average Bonchev–Trinajstić information content (AvgIpc) is 1.51. The predicted octanol–water partition coefficient (Wildman–Crippen LogP) is 36.5. The number of allylic oxidation sites excluding steroid dienone is 4. The summed E-state index contributed by atoms with van der Waals surface area (Å²) in [6, 6.07) is 154. The maximum Gasteiger partial charge on any atom is 0.119 e. The molecule has 4 aliphatic rings. The van der Waals surface area contributed by atoms with E-state index in [1.165, 1.54) is 185 Å². The second kappa shape index (κ2) is 41.1. The number of nitrogens with zero attached hydrogens (tertiary/aromatic N) is 2. The Morgan fingerprint density at radius 1 is 0.273 bits per heavy atom. The van der Waals surface area contributed by atoms with Crippen LogP contribution in [0.5, 0.6) is 11.5 Å². The smallest absolute Gasteiger partial charge is 0.119 e. The van der Waals surface area contributed by atoms with Gasteiger partial charge >= 0.3 is 0 Å². The Morgan fingerprint density at radius 2 is 0.626 bits per heavy atom. The van der Waals surface area contributed by atoms with Crippen LogP contribution in [0, 0.1) is 0 Å². The molecular formula is C135H122N2O2. The zero-order valence-electron chi connectivity index (χ0n) is 80.3. The Kier molecular flexibility index (Phi) is 26.7. The Labute approximate surface area is 823 Å². The Bertz CT molecular complexity index is 7180. The third kappa shape index (κ3) is 17.9. The summed E-state index contributed by atoms with van der Waals surface area (Å²) in [4.78, 5) is 4.98. The molecule has 139 heavy (non-hydrogen) atoms. The quantitative estimate of drug-likeness (QED) is 0.0360. The van der Waals surface area contributed by atoms with Gasteiger partial charge in [-0.25, -0.2) is 0 Å². The zero-order valence-corrected chi connectivity index (χ0v) is 80.3. The highest BCUT2D eigenvalue weighted by Crippen LogP contribution is 2.62. The monoisotopic (exact) mass is 1800 g/mol. The summed E-state index contributed by atoms with van der Waals surface area (Å²) in [6.07, 6.45) is 30.7. The third-order valence-corrected chi connectivity index (χ3v) is 30.1. The molecule has 0 heterocycles. The number of aryl methyl sites for hydroxylation is 2. The van der Waals surface area contributed by atoms with Crippen LogP contribution in [0.3, 0.4) is 0 Å². The van der Waals surface area contributed by atoms with Gasteiger partial charge in [-0.3, -0.25) is 0 Å². The molecule has 0 fully saturated rings. The van der Waals surface area contributed by atoms with Gasteiger partial charge in [0.2, 0.25) is 0 Å². The van der Waals surface area contributed by atoms with E-state index in [-0.39, 0.29) is 5.41 Å². The van der Waals surface area contributed by atoms with E-state index in [4.69, 9.17) is 9.47 Å². The number of hydrogen-bond donors (Lipinski definition) is 0. The normalized spacial score (nSPS) is 14.9. The van der Waals surface area contributed by atoms with Gasteiger partial charge in [0.15, 0.2) is 0 Å². The van der Waals surface area contributed by atoms with Crippen molar-refractivity contribution >= 4 is 46.3 Å². The summed E-state index contributed by atoms with van der Waals surface area (Å²) in [6.45, 7) is 13.8. The highest BCUT2D eigenvalue weighted by Gasteiger charge is 2.49. The molecule has 0 saturated carbocycles.